The summed E-state index contributed by atoms with van der Waals surface area (Å²) in [6.07, 6.45) is 0. The Morgan fingerprint density at radius 3 is 2.44 bits per heavy atom. The maximum atomic E-state index is 12.5. The number of anilines is 1. The third kappa shape index (κ3) is 4.33. The lowest BCUT2D eigenvalue weighted by Crippen LogP contribution is -2.37. The van der Waals surface area contributed by atoms with Crippen LogP contribution >= 0.6 is 11.6 Å². The minimum Gasteiger partial charge on any atom is -0.459 e. The number of hydrogen-bond donors (Lipinski definition) is 0. The molecule has 0 aliphatic rings. The molecular weight excluding hydrogens is 348 g/mol. The largest absolute Gasteiger partial charge is 0.459 e. The first-order valence-electron chi connectivity index (χ1n) is 7.41. The van der Waals surface area contributed by atoms with Gasteiger partial charge in [0.25, 0.3) is 5.69 Å². The molecule has 7 nitrogen and oxygen atoms in total. The van der Waals surface area contributed by atoms with Gasteiger partial charge in [-0.1, -0.05) is 41.9 Å². The molecule has 0 N–H and O–H groups in total. The summed E-state index contributed by atoms with van der Waals surface area (Å²) < 4.78 is 4.74. The Labute approximate surface area is 148 Å². The Morgan fingerprint density at radius 2 is 1.80 bits per heavy atom. The molecule has 0 atom stereocenters. The molecule has 8 heteroatoms. The van der Waals surface area contributed by atoms with Gasteiger partial charge in [0.05, 0.1) is 18.1 Å². The number of para-hydroxylation sites is 2. The Morgan fingerprint density at radius 1 is 1.16 bits per heavy atom. The molecule has 0 aromatic heterocycles. The molecule has 0 spiro atoms. The summed E-state index contributed by atoms with van der Waals surface area (Å²) in [5.41, 5.74) is 0.234. The van der Waals surface area contributed by atoms with E-state index >= 15 is 0 Å². The van der Waals surface area contributed by atoms with Gasteiger partial charge in [0, 0.05) is 11.1 Å². The summed E-state index contributed by atoms with van der Waals surface area (Å²) in [4.78, 5) is 36.1. The summed E-state index contributed by atoms with van der Waals surface area (Å²) in [5, 5.41) is 11.7. The molecule has 0 unspecified atom stereocenters. The lowest BCUT2D eigenvalue weighted by molar-refractivity contribution is -0.384. The normalized spacial score (nSPS) is 10.2. The number of nitrogens with zero attached hydrogens (tertiary/aromatic N) is 2. The highest BCUT2D eigenvalue weighted by Gasteiger charge is 2.30. The van der Waals surface area contributed by atoms with Crippen molar-refractivity contribution in [3.8, 4) is 0 Å². The van der Waals surface area contributed by atoms with Crippen molar-refractivity contribution in [2.75, 3.05) is 11.5 Å². The molecule has 0 saturated carbocycles. The average Bonchev–Trinajstić information content (AvgIpc) is 2.60. The molecule has 1 amide bonds. The predicted octanol–water partition coefficient (Wildman–Crippen LogP) is 3.34. The van der Waals surface area contributed by atoms with Crippen molar-refractivity contribution in [1.82, 2.24) is 0 Å². The summed E-state index contributed by atoms with van der Waals surface area (Å²) in [6, 6.07) is 12.4. The van der Waals surface area contributed by atoms with E-state index in [0.29, 0.717) is 10.6 Å². The van der Waals surface area contributed by atoms with Crippen LogP contribution in [0, 0.1) is 10.1 Å². The number of benzene rings is 2. The zero-order valence-corrected chi connectivity index (χ0v) is 14.1. The van der Waals surface area contributed by atoms with Gasteiger partial charge >= 0.3 is 11.9 Å². The van der Waals surface area contributed by atoms with Gasteiger partial charge in [-0.15, -0.1) is 0 Å². The van der Waals surface area contributed by atoms with E-state index in [4.69, 9.17) is 16.3 Å². The Balaban J connectivity index is 2.50. The van der Waals surface area contributed by atoms with E-state index in [1.54, 1.807) is 37.3 Å². The van der Waals surface area contributed by atoms with E-state index < -0.39 is 16.8 Å². The zero-order chi connectivity index (χ0) is 18.4. The summed E-state index contributed by atoms with van der Waals surface area (Å²) in [6.45, 7) is 1.47. The minimum absolute atomic E-state index is 0.00882. The minimum atomic E-state index is -1.09. The Kier molecular flexibility index (Phi) is 6.08. The number of ether oxygens (including phenoxy) is 1. The van der Waals surface area contributed by atoms with Crippen molar-refractivity contribution in [3.05, 3.63) is 69.2 Å². The molecule has 2 aromatic rings. The molecule has 0 aliphatic carbocycles. The number of rotatable bonds is 5. The van der Waals surface area contributed by atoms with Crippen molar-refractivity contribution < 1.29 is 19.2 Å². The quantitative estimate of drug-likeness (QED) is 0.352. The van der Waals surface area contributed by atoms with Crippen LogP contribution in [0.25, 0.3) is 0 Å². The maximum Gasteiger partial charge on any atom is 0.397 e. The topological polar surface area (TPSA) is 89.8 Å². The maximum absolute atomic E-state index is 12.5. The van der Waals surface area contributed by atoms with Crippen LogP contribution in [0.5, 0.6) is 0 Å². The fraction of sp³-hybridized carbons (Fsp3) is 0.176. The van der Waals surface area contributed by atoms with Crippen molar-refractivity contribution in [1.29, 1.82) is 0 Å². The van der Waals surface area contributed by atoms with E-state index in [1.165, 1.54) is 18.2 Å². The number of hydrogen-bond acceptors (Lipinski definition) is 5. The number of nitro groups is 1. The lowest BCUT2D eigenvalue weighted by Gasteiger charge is -2.22. The summed E-state index contributed by atoms with van der Waals surface area (Å²) in [7, 11) is 0. The van der Waals surface area contributed by atoms with Gasteiger partial charge in [0.1, 0.15) is 5.69 Å². The molecule has 0 heterocycles. The third-order valence-corrected chi connectivity index (χ3v) is 3.72. The van der Waals surface area contributed by atoms with Crippen LogP contribution in [0.1, 0.15) is 12.5 Å². The van der Waals surface area contributed by atoms with Gasteiger partial charge in [-0.25, -0.2) is 4.79 Å². The molecule has 2 aromatic carbocycles. The Hall–Kier alpha value is -2.93. The molecule has 0 aliphatic heterocycles. The predicted molar refractivity (Wildman–Crippen MR) is 92.4 cm³/mol. The van der Waals surface area contributed by atoms with Crippen LogP contribution < -0.4 is 4.90 Å². The van der Waals surface area contributed by atoms with Gasteiger partial charge in [0.2, 0.25) is 0 Å². The Bertz CT molecular complexity index is 809. The van der Waals surface area contributed by atoms with Gasteiger partial charge in [-0.2, -0.15) is 0 Å². The second-order valence-electron chi connectivity index (χ2n) is 4.95. The van der Waals surface area contributed by atoms with E-state index in [-0.39, 0.29) is 24.5 Å². The highest BCUT2D eigenvalue weighted by atomic mass is 35.5. The number of amides is 1. The first kappa shape index (κ1) is 18.4. The number of carbonyl (C=O) groups is 2. The first-order chi connectivity index (χ1) is 12.0. The molecule has 130 valence electrons. The van der Waals surface area contributed by atoms with Gasteiger partial charge in [-0.05, 0) is 24.6 Å². The molecule has 2 rings (SSSR count). The van der Waals surface area contributed by atoms with E-state index in [2.05, 4.69) is 0 Å². The van der Waals surface area contributed by atoms with Crippen molar-refractivity contribution in [2.24, 2.45) is 0 Å². The van der Waals surface area contributed by atoms with Crippen molar-refractivity contribution in [2.45, 2.75) is 13.5 Å². The van der Waals surface area contributed by atoms with Crippen LogP contribution in [0.2, 0.25) is 5.02 Å². The first-order valence-corrected chi connectivity index (χ1v) is 7.79. The van der Waals surface area contributed by atoms with Crippen molar-refractivity contribution in [3.63, 3.8) is 0 Å². The number of carbonyl (C=O) groups excluding carboxylic acids is 2. The molecular formula is C17H15ClN2O5. The SMILES string of the molecule is CCOC(=O)C(=O)N(Cc1ccccc1Cl)c1ccccc1[N+](=O)[O-]. The van der Waals surface area contributed by atoms with Crippen LogP contribution in [-0.2, 0) is 20.9 Å². The fourth-order valence-electron chi connectivity index (χ4n) is 2.21. The van der Waals surface area contributed by atoms with Gasteiger partial charge < -0.3 is 4.74 Å². The zero-order valence-electron chi connectivity index (χ0n) is 13.3. The monoisotopic (exact) mass is 362 g/mol. The van der Waals surface area contributed by atoms with Crippen LogP contribution in [0.4, 0.5) is 11.4 Å². The van der Waals surface area contributed by atoms with Crippen LogP contribution in [0.15, 0.2) is 48.5 Å². The standard InChI is InChI=1S/C17H15ClN2O5/c1-2-25-17(22)16(21)19(11-12-7-3-4-8-13(12)18)14-9-5-6-10-15(14)20(23)24/h3-10H,2,11H2,1H3. The molecule has 25 heavy (non-hydrogen) atoms. The summed E-state index contributed by atoms with van der Waals surface area (Å²) >= 11 is 6.12. The van der Waals surface area contributed by atoms with Gasteiger partial charge in [0.15, 0.2) is 0 Å². The van der Waals surface area contributed by atoms with Crippen molar-refractivity contribution >= 4 is 34.9 Å². The molecule has 0 bridgehead atoms. The second kappa shape index (κ2) is 8.25. The molecule has 0 radical (unpaired) electrons. The second-order valence-corrected chi connectivity index (χ2v) is 5.36. The fourth-order valence-corrected chi connectivity index (χ4v) is 2.41. The van der Waals surface area contributed by atoms with E-state index in [1.807, 2.05) is 0 Å². The third-order valence-electron chi connectivity index (χ3n) is 3.35. The smallest absolute Gasteiger partial charge is 0.397 e. The average molecular weight is 363 g/mol. The van der Waals surface area contributed by atoms with Crippen LogP contribution in [-0.4, -0.2) is 23.4 Å². The lowest BCUT2D eigenvalue weighted by atomic mass is 10.1. The number of nitro benzene ring substituents is 1. The number of halogens is 1. The van der Waals surface area contributed by atoms with Gasteiger partial charge in [-0.3, -0.25) is 19.8 Å². The van der Waals surface area contributed by atoms with E-state index in [9.17, 15) is 19.7 Å². The number of esters is 1. The molecule has 0 saturated heterocycles. The summed E-state index contributed by atoms with van der Waals surface area (Å²) in [5.74, 6) is -2.09. The molecule has 0 fully saturated rings. The van der Waals surface area contributed by atoms with E-state index in [0.717, 1.165) is 4.90 Å². The highest BCUT2D eigenvalue weighted by Crippen LogP contribution is 2.30. The highest BCUT2D eigenvalue weighted by molar-refractivity contribution is 6.38. The van der Waals surface area contributed by atoms with Crippen LogP contribution in [0.3, 0.4) is 0 Å².